The molecule has 0 aliphatic rings. The van der Waals surface area contributed by atoms with Crippen LogP contribution in [0.4, 0.5) is 0 Å². The lowest BCUT2D eigenvalue weighted by Crippen LogP contribution is -2.24. The molecule has 0 aliphatic heterocycles. The van der Waals surface area contributed by atoms with Gasteiger partial charge in [0.1, 0.15) is 11.5 Å². The maximum absolute atomic E-state index is 5.68. The molecule has 1 unspecified atom stereocenters. The van der Waals surface area contributed by atoms with Gasteiger partial charge in [-0.1, -0.05) is 6.92 Å². The van der Waals surface area contributed by atoms with Crippen molar-refractivity contribution in [3.63, 3.8) is 0 Å². The highest BCUT2D eigenvalue weighted by molar-refractivity contribution is 5.26. The number of likely N-dealkylation sites (N-methyl/N-ethyl adjacent to an activating group) is 1. The van der Waals surface area contributed by atoms with E-state index < -0.39 is 0 Å². The lowest BCUT2D eigenvalue weighted by atomic mass is 10.0. The van der Waals surface area contributed by atoms with Crippen LogP contribution in [0.1, 0.15) is 48.4 Å². The van der Waals surface area contributed by atoms with E-state index in [9.17, 15) is 0 Å². The molecule has 1 N–H and O–H groups in total. The van der Waals surface area contributed by atoms with Gasteiger partial charge in [-0.05, 0) is 46.4 Å². The van der Waals surface area contributed by atoms with Crippen LogP contribution < -0.4 is 5.32 Å². The number of nitrogens with zero attached hydrogens (tertiary/aromatic N) is 2. The van der Waals surface area contributed by atoms with E-state index in [1.165, 1.54) is 11.3 Å². The average molecular weight is 275 g/mol. The molecule has 1 atom stereocenters. The molecular formula is C16H25N3O. The summed E-state index contributed by atoms with van der Waals surface area (Å²) in [5, 5.41) is 8.09. The minimum absolute atomic E-state index is 0.277. The van der Waals surface area contributed by atoms with Crippen LogP contribution in [0.5, 0.6) is 0 Å². The van der Waals surface area contributed by atoms with Crippen molar-refractivity contribution in [1.29, 1.82) is 0 Å². The molecule has 0 saturated heterocycles. The lowest BCUT2D eigenvalue weighted by molar-refractivity contribution is 0.477. The number of aromatic nitrogens is 2. The summed E-state index contributed by atoms with van der Waals surface area (Å²) in [6.07, 6.45) is 0.933. The summed E-state index contributed by atoms with van der Waals surface area (Å²) < 4.78 is 7.76. The summed E-state index contributed by atoms with van der Waals surface area (Å²) in [4.78, 5) is 0. The van der Waals surface area contributed by atoms with Gasteiger partial charge in [-0.15, -0.1) is 0 Å². The molecule has 2 aromatic rings. The first-order chi connectivity index (χ1) is 9.55. The number of nitrogens with one attached hydrogen (secondary N) is 1. The topological polar surface area (TPSA) is 43.0 Å². The predicted molar refractivity (Wildman–Crippen MR) is 80.9 cm³/mol. The third kappa shape index (κ3) is 3.12. The van der Waals surface area contributed by atoms with Gasteiger partial charge in [0.15, 0.2) is 0 Å². The van der Waals surface area contributed by atoms with Crippen LogP contribution >= 0.6 is 0 Å². The van der Waals surface area contributed by atoms with Crippen LogP contribution in [0.15, 0.2) is 16.5 Å². The Bertz CT molecular complexity index is 568. The van der Waals surface area contributed by atoms with Crippen LogP contribution in [0, 0.1) is 20.8 Å². The summed E-state index contributed by atoms with van der Waals surface area (Å²) in [5.41, 5.74) is 3.61. The van der Waals surface area contributed by atoms with Gasteiger partial charge in [0, 0.05) is 30.3 Å². The Morgan fingerprint density at radius 1 is 1.25 bits per heavy atom. The summed E-state index contributed by atoms with van der Waals surface area (Å²) in [7, 11) is 0. The second-order valence-corrected chi connectivity index (χ2v) is 5.28. The first-order valence-corrected chi connectivity index (χ1v) is 7.38. The fraction of sp³-hybridized carbons (Fsp3) is 0.562. The molecule has 0 fully saturated rings. The molecule has 4 heteroatoms. The van der Waals surface area contributed by atoms with E-state index in [4.69, 9.17) is 4.42 Å². The Morgan fingerprint density at radius 2 is 2.00 bits per heavy atom. The first-order valence-electron chi connectivity index (χ1n) is 7.38. The molecule has 20 heavy (non-hydrogen) atoms. The van der Waals surface area contributed by atoms with E-state index in [2.05, 4.69) is 41.1 Å². The number of aryl methyl sites for hydroxylation is 4. The molecule has 0 saturated carbocycles. The highest BCUT2D eigenvalue weighted by atomic mass is 16.3. The van der Waals surface area contributed by atoms with Gasteiger partial charge >= 0.3 is 0 Å². The van der Waals surface area contributed by atoms with E-state index in [0.717, 1.165) is 36.7 Å². The van der Waals surface area contributed by atoms with Gasteiger partial charge in [0.25, 0.3) is 0 Å². The van der Waals surface area contributed by atoms with Crippen LogP contribution in [-0.4, -0.2) is 16.3 Å². The Balaban J connectivity index is 2.27. The molecular weight excluding hydrogens is 250 g/mol. The Morgan fingerprint density at radius 3 is 2.55 bits per heavy atom. The fourth-order valence-corrected chi connectivity index (χ4v) is 2.78. The van der Waals surface area contributed by atoms with Gasteiger partial charge in [0.2, 0.25) is 0 Å². The van der Waals surface area contributed by atoms with Crippen molar-refractivity contribution in [3.05, 3.63) is 40.6 Å². The zero-order valence-corrected chi connectivity index (χ0v) is 13.2. The largest absolute Gasteiger partial charge is 0.466 e. The van der Waals surface area contributed by atoms with Gasteiger partial charge in [-0.25, -0.2) is 0 Å². The van der Waals surface area contributed by atoms with Crippen molar-refractivity contribution in [2.75, 3.05) is 6.54 Å². The summed E-state index contributed by atoms with van der Waals surface area (Å²) in [5.74, 6) is 1.98. The van der Waals surface area contributed by atoms with E-state index in [-0.39, 0.29) is 6.04 Å². The molecule has 2 rings (SSSR count). The summed E-state index contributed by atoms with van der Waals surface area (Å²) in [6, 6.07) is 4.59. The Kier molecular flexibility index (Phi) is 4.65. The van der Waals surface area contributed by atoms with Gasteiger partial charge in [-0.3, -0.25) is 4.68 Å². The Labute approximate surface area is 121 Å². The van der Waals surface area contributed by atoms with E-state index in [0.29, 0.717) is 0 Å². The fourth-order valence-electron chi connectivity index (χ4n) is 2.78. The molecule has 0 aromatic carbocycles. The maximum atomic E-state index is 5.68. The molecule has 0 radical (unpaired) electrons. The Hall–Kier alpha value is -1.55. The maximum Gasteiger partial charge on any atom is 0.105 e. The van der Waals surface area contributed by atoms with Gasteiger partial charge in [0.05, 0.1) is 5.69 Å². The molecule has 2 heterocycles. The first kappa shape index (κ1) is 14.9. The lowest BCUT2D eigenvalue weighted by Gasteiger charge is -2.18. The minimum atomic E-state index is 0.277. The van der Waals surface area contributed by atoms with Crippen molar-refractivity contribution in [2.24, 2.45) is 0 Å². The van der Waals surface area contributed by atoms with Gasteiger partial charge < -0.3 is 9.73 Å². The quantitative estimate of drug-likeness (QED) is 0.879. The monoisotopic (exact) mass is 275 g/mol. The van der Waals surface area contributed by atoms with Crippen molar-refractivity contribution in [2.45, 2.75) is 53.6 Å². The zero-order chi connectivity index (χ0) is 14.7. The standard InChI is InChI=1S/C16H25N3O/c1-6-17-16(15-9-12(4)20-13(15)5)10-14-8-11(3)18-19(14)7-2/h8-9,16-17H,6-7,10H2,1-5H3. The average Bonchev–Trinajstić information content (AvgIpc) is 2.91. The zero-order valence-electron chi connectivity index (χ0n) is 13.2. The molecule has 0 amide bonds. The molecule has 4 nitrogen and oxygen atoms in total. The van der Waals surface area contributed by atoms with Crippen LogP contribution in [0.2, 0.25) is 0 Å². The normalized spacial score (nSPS) is 12.8. The molecule has 2 aromatic heterocycles. The van der Waals surface area contributed by atoms with Gasteiger partial charge in [-0.2, -0.15) is 5.10 Å². The third-order valence-corrected chi connectivity index (χ3v) is 3.60. The number of hydrogen-bond acceptors (Lipinski definition) is 3. The second-order valence-electron chi connectivity index (χ2n) is 5.28. The number of rotatable bonds is 6. The molecule has 110 valence electrons. The van der Waals surface area contributed by atoms with E-state index >= 15 is 0 Å². The molecule has 0 bridgehead atoms. The summed E-state index contributed by atoms with van der Waals surface area (Å²) >= 11 is 0. The highest BCUT2D eigenvalue weighted by Crippen LogP contribution is 2.25. The van der Waals surface area contributed by atoms with Crippen LogP contribution in [0.3, 0.4) is 0 Å². The third-order valence-electron chi connectivity index (χ3n) is 3.60. The van der Waals surface area contributed by atoms with Crippen molar-refractivity contribution in [3.8, 4) is 0 Å². The predicted octanol–water partition coefficient (Wildman–Crippen LogP) is 3.31. The van der Waals surface area contributed by atoms with Crippen LogP contribution in [-0.2, 0) is 13.0 Å². The van der Waals surface area contributed by atoms with Crippen LogP contribution in [0.25, 0.3) is 0 Å². The molecule has 0 aliphatic carbocycles. The van der Waals surface area contributed by atoms with E-state index in [1.807, 2.05) is 20.8 Å². The smallest absolute Gasteiger partial charge is 0.105 e. The molecule has 0 spiro atoms. The summed E-state index contributed by atoms with van der Waals surface area (Å²) in [6.45, 7) is 12.2. The number of hydrogen-bond donors (Lipinski definition) is 1. The SMILES string of the molecule is CCNC(Cc1cc(C)nn1CC)c1cc(C)oc1C. The van der Waals surface area contributed by atoms with E-state index in [1.54, 1.807) is 0 Å². The van der Waals surface area contributed by atoms with Crippen molar-refractivity contribution < 1.29 is 4.42 Å². The minimum Gasteiger partial charge on any atom is -0.466 e. The second kappa shape index (κ2) is 6.27. The van der Waals surface area contributed by atoms with Crippen molar-refractivity contribution in [1.82, 2.24) is 15.1 Å². The van der Waals surface area contributed by atoms with Crippen molar-refractivity contribution >= 4 is 0 Å². The number of furan rings is 1. The highest BCUT2D eigenvalue weighted by Gasteiger charge is 2.19.